The van der Waals surface area contributed by atoms with E-state index in [0.717, 1.165) is 16.9 Å². The fourth-order valence-corrected chi connectivity index (χ4v) is 1.76. The van der Waals surface area contributed by atoms with Crippen LogP contribution >= 0.6 is 0 Å². The van der Waals surface area contributed by atoms with Crippen molar-refractivity contribution >= 4 is 11.8 Å². The van der Waals surface area contributed by atoms with Crippen molar-refractivity contribution in [2.45, 2.75) is 33.6 Å². The van der Waals surface area contributed by atoms with E-state index < -0.39 is 5.97 Å². The van der Waals surface area contributed by atoms with Gasteiger partial charge in [0.05, 0.1) is 13.0 Å². The third kappa shape index (κ3) is 3.32. The Kier molecular flexibility index (Phi) is 4.89. The number of ketones is 1. The Morgan fingerprint density at radius 1 is 1.17 bits per heavy atom. The van der Waals surface area contributed by atoms with Crippen LogP contribution in [0, 0.1) is 13.8 Å². The van der Waals surface area contributed by atoms with Gasteiger partial charge in [-0.25, -0.2) is 0 Å². The van der Waals surface area contributed by atoms with Crippen LogP contribution in [0.2, 0.25) is 0 Å². The molecule has 0 atom stereocenters. The summed E-state index contributed by atoms with van der Waals surface area (Å²) in [6.45, 7) is 6.23. The number of rotatable bonds is 6. The molecule has 18 heavy (non-hydrogen) atoms. The smallest absolute Gasteiger partial charge is 0.303 e. The molecule has 1 aromatic carbocycles. The number of carboxylic acids is 1. The van der Waals surface area contributed by atoms with Gasteiger partial charge in [0, 0.05) is 12.0 Å². The minimum absolute atomic E-state index is 0.0313. The highest BCUT2D eigenvalue weighted by atomic mass is 16.5. The Hall–Kier alpha value is -1.84. The summed E-state index contributed by atoms with van der Waals surface area (Å²) in [5, 5.41) is 8.58. The molecule has 0 aromatic heterocycles. The van der Waals surface area contributed by atoms with Gasteiger partial charge in [0.1, 0.15) is 5.75 Å². The highest BCUT2D eigenvalue weighted by Gasteiger charge is 2.14. The molecule has 0 unspecified atom stereocenters. The molecule has 0 spiro atoms. The number of benzene rings is 1. The molecular weight excluding hydrogens is 232 g/mol. The fourth-order valence-electron chi connectivity index (χ4n) is 1.76. The molecule has 1 rings (SSSR count). The molecule has 0 amide bonds. The average Bonchev–Trinajstić information content (AvgIpc) is 2.32. The molecular formula is C14H18O4. The molecule has 0 fully saturated rings. The molecule has 0 saturated carbocycles. The number of carboxylic acid groups (broad SMARTS) is 1. The van der Waals surface area contributed by atoms with E-state index in [1.54, 1.807) is 12.1 Å². The van der Waals surface area contributed by atoms with Crippen molar-refractivity contribution in [1.29, 1.82) is 0 Å². The summed E-state index contributed by atoms with van der Waals surface area (Å²) in [5.74, 6) is -0.325. The second-order valence-corrected chi connectivity index (χ2v) is 4.11. The zero-order chi connectivity index (χ0) is 13.7. The second kappa shape index (κ2) is 6.19. The molecule has 0 heterocycles. The number of carbonyl (C=O) groups excluding carboxylic acids is 1. The van der Waals surface area contributed by atoms with Crippen LogP contribution in [0.5, 0.6) is 5.75 Å². The van der Waals surface area contributed by atoms with Crippen molar-refractivity contribution in [3.05, 3.63) is 28.8 Å². The predicted octanol–water partition coefficient (Wildman–Crippen LogP) is 2.75. The summed E-state index contributed by atoms with van der Waals surface area (Å²) >= 11 is 0. The Bertz CT molecular complexity index is 463. The van der Waals surface area contributed by atoms with Gasteiger partial charge in [0.25, 0.3) is 0 Å². The molecule has 0 aliphatic carbocycles. The summed E-state index contributed by atoms with van der Waals surface area (Å²) in [6.07, 6.45) is -0.103. The van der Waals surface area contributed by atoms with Gasteiger partial charge in [-0.05, 0) is 44.0 Å². The maximum atomic E-state index is 11.9. The van der Waals surface area contributed by atoms with E-state index in [9.17, 15) is 9.59 Å². The molecule has 98 valence electrons. The first-order chi connectivity index (χ1) is 8.47. The topological polar surface area (TPSA) is 63.6 Å². The first kappa shape index (κ1) is 14.2. The van der Waals surface area contributed by atoms with Gasteiger partial charge in [-0.3, -0.25) is 9.59 Å². The number of Topliss-reactive ketones (excluding diaryl/α,β-unsaturated/α-hetero) is 1. The normalized spacial score (nSPS) is 10.2. The molecule has 4 nitrogen and oxygen atoms in total. The monoisotopic (exact) mass is 250 g/mol. The number of ether oxygens (including phenoxy) is 1. The van der Waals surface area contributed by atoms with Gasteiger partial charge in [0.15, 0.2) is 5.78 Å². The number of carbonyl (C=O) groups is 2. The summed E-state index contributed by atoms with van der Waals surface area (Å²) in [6, 6.07) is 3.47. The van der Waals surface area contributed by atoms with Crippen LogP contribution in [0.15, 0.2) is 12.1 Å². The van der Waals surface area contributed by atoms with Crippen LogP contribution in [0.3, 0.4) is 0 Å². The van der Waals surface area contributed by atoms with Crippen molar-refractivity contribution in [3.63, 3.8) is 0 Å². The summed E-state index contributed by atoms with van der Waals surface area (Å²) in [4.78, 5) is 22.3. The van der Waals surface area contributed by atoms with Gasteiger partial charge in [-0.1, -0.05) is 0 Å². The lowest BCUT2D eigenvalue weighted by Crippen LogP contribution is -2.07. The van der Waals surface area contributed by atoms with Crippen molar-refractivity contribution in [2.24, 2.45) is 0 Å². The van der Waals surface area contributed by atoms with Crippen molar-refractivity contribution in [2.75, 3.05) is 6.61 Å². The van der Waals surface area contributed by atoms with Crippen molar-refractivity contribution in [3.8, 4) is 5.75 Å². The van der Waals surface area contributed by atoms with Crippen LogP contribution in [-0.4, -0.2) is 23.5 Å². The first-order valence-corrected chi connectivity index (χ1v) is 5.95. The maximum Gasteiger partial charge on any atom is 0.303 e. The minimum Gasteiger partial charge on any atom is -0.494 e. The largest absolute Gasteiger partial charge is 0.494 e. The number of hydrogen-bond donors (Lipinski definition) is 1. The van der Waals surface area contributed by atoms with E-state index >= 15 is 0 Å². The molecule has 0 bridgehead atoms. The molecule has 1 N–H and O–H groups in total. The summed E-state index contributed by atoms with van der Waals surface area (Å²) < 4.78 is 5.44. The van der Waals surface area contributed by atoms with E-state index in [0.29, 0.717) is 12.2 Å². The van der Waals surface area contributed by atoms with E-state index in [1.165, 1.54) is 0 Å². The van der Waals surface area contributed by atoms with Crippen LogP contribution in [0.1, 0.15) is 41.3 Å². The molecule has 0 radical (unpaired) electrons. The highest BCUT2D eigenvalue weighted by Crippen LogP contribution is 2.25. The van der Waals surface area contributed by atoms with E-state index in [4.69, 9.17) is 9.84 Å². The quantitative estimate of drug-likeness (QED) is 0.788. The first-order valence-electron chi connectivity index (χ1n) is 5.95. The zero-order valence-corrected chi connectivity index (χ0v) is 10.9. The summed E-state index contributed by atoms with van der Waals surface area (Å²) in [7, 11) is 0. The molecule has 0 aliphatic rings. The molecule has 4 heteroatoms. The fraction of sp³-hybridized carbons (Fsp3) is 0.429. The Morgan fingerprint density at radius 2 is 1.83 bits per heavy atom. The van der Waals surface area contributed by atoms with Crippen molar-refractivity contribution in [1.82, 2.24) is 0 Å². The van der Waals surface area contributed by atoms with Crippen LogP contribution in [0.25, 0.3) is 0 Å². The van der Waals surface area contributed by atoms with E-state index in [2.05, 4.69) is 0 Å². The molecule has 1 aromatic rings. The Morgan fingerprint density at radius 3 is 2.39 bits per heavy atom. The Balaban J connectivity index is 2.94. The Labute approximate surface area is 107 Å². The minimum atomic E-state index is -0.955. The van der Waals surface area contributed by atoms with Crippen LogP contribution < -0.4 is 4.74 Å². The lowest BCUT2D eigenvalue weighted by atomic mass is 9.97. The van der Waals surface area contributed by atoms with Gasteiger partial charge in [0.2, 0.25) is 0 Å². The second-order valence-electron chi connectivity index (χ2n) is 4.11. The zero-order valence-electron chi connectivity index (χ0n) is 10.9. The average molecular weight is 250 g/mol. The third-order valence-corrected chi connectivity index (χ3v) is 2.90. The van der Waals surface area contributed by atoms with Crippen LogP contribution in [0.4, 0.5) is 0 Å². The van der Waals surface area contributed by atoms with E-state index in [1.807, 2.05) is 20.8 Å². The lowest BCUT2D eigenvalue weighted by molar-refractivity contribution is -0.136. The van der Waals surface area contributed by atoms with Crippen LogP contribution in [-0.2, 0) is 4.79 Å². The lowest BCUT2D eigenvalue weighted by Gasteiger charge is -2.12. The van der Waals surface area contributed by atoms with Gasteiger partial charge >= 0.3 is 5.97 Å². The standard InChI is InChI=1S/C14H18O4/c1-4-18-13-7-5-11(9(2)10(13)3)12(15)6-8-14(16)17/h5,7H,4,6,8H2,1-3H3,(H,16,17). The van der Waals surface area contributed by atoms with Gasteiger partial charge in [-0.2, -0.15) is 0 Å². The number of hydrogen-bond acceptors (Lipinski definition) is 3. The summed E-state index contributed by atoms with van der Waals surface area (Å²) in [5.41, 5.74) is 2.37. The highest BCUT2D eigenvalue weighted by molar-refractivity contribution is 5.99. The predicted molar refractivity (Wildman–Crippen MR) is 68.3 cm³/mol. The third-order valence-electron chi connectivity index (χ3n) is 2.90. The maximum absolute atomic E-state index is 11.9. The SMILES string of the molecule is CCOc1ccc(C(=O)CCC(=O)O)c(C)c1C. The van der Waals surface area contributed by atoms with Gasteiger partial charge in [-0.15, -0.1) is 0 Å². The molecule has 0 aliphatic heterocycles. The van der Waals surface area contributed by atoms with Crippen molar-refractivity contribution < 1.29 is 19.4 Å². The molecule has 0 saturated heterocycles. The van der Waals surface area contributed by atoms with E-state index in [-0.39, 0.29) is 18.6 Å². The van der Waals surface area contributed by atoms with Gasteiger partial charge < -0.3 is 9.84 Å². The number of aliphatic carboxylic acids is 1.